The molecule has 1 unspecified atom stereocenters. The van der Waals surface area contributed by atoms with Crippen LogP contribution in [0.3, 0.4) is 0 Å². The zero-order valence-corrected chi connectivity index (χ0v) is 19.1. The number of benzene rings is 3. The number of rotatable bonds is 2. The van der Waals surface area contributed by atoms with Gasteiger partial charge in [-0.15, -0.1) is 0 Å². The van der Waals surface area contributed by atoms with Crippen molar-refractivity contribution in [2.24, 2.45) is 12.8 Å². The van der Waals surface area contributed by atoms with E-state index >= 15 is 0 Å². The minimum absolute atomic E-state index is 0.0991. The van der Waals surface area contributed by atoms with Crippen molar-refractivity contribution < 1.29 is 0 Å². The van der Waals surface area contributed by atoms with Crippen LogP contribution in [-0.2, 0) is 12.6 Å². The van der Waals surface area contributed by atoms with Gasteiger partial charge in [0.25, 0.3) is 5.56 Å². The SMILES string of the molecule is Cn1c(=O)cc(-c2cccc(Cl)c2)c2c3c(ccc21)C(N)(c1ccc(Cl)cc1)c1cncn1-3. The lowest BCUT2D eigenvalue weighted by Gasteiger charge is -2.26. The van der Waals surface area contributed by atoms with Gasteiger partial charge in [0.05, 0.1) is 29.4 Å². The van der Waals surface area contributed by atoms with Gasteiger partial charge in [-0.2, -0.15) is 0 Å². The van der Waals surface area contributed by atoms with Gasteiger partial charge in [-0.3, -0.25) is 9.36 Å². The average Bonchev–Trinajstić information content (AvgIpc) is 3.38. The van der Waals surface area contributed by atoms with Crippen LogP contribution < -0.4 is 11.3 Å². The molecular weight excluding hydrogens is 455 g/mol. The van der Waals surface area contributed by atoms with Gasteiger partial charge >= 0.3 is 0 Å². The molecule has 0 aliphatic carbocycles. The molecule has 5 aromatic rings. The molecule has 0 saturated heterocycles. The first-order chi connectivity index (χ1) is 15.9. The van der Waals surface area contributed by atoms with Gasteiger partial charge < -0.3 is 10.3 Å². The molecule has 0 spiro atoms. The quantitative estimate of drug-likeness (QED) is 0.380. The largest absolute Gasteiger partial charge is 0.313 e. The molecule has 3 aromatic carbocycles. The molecule has 0 amide bonds. The van der Waals surface area contributed by atoms with E-state index in [-0.39, 0.29) is 5.56 Å². The van der Waals surface area contributed by atoms with E-state index in [9.17, 15) is 4.79 Å². The number of hydrogen-bond acceptors (Lipinski definition) is 3. The molecule has 33 heavy (non-hydrogen) atoms. The number of nitrogens with zero attached hydrogens (tertiary/aromatic N) is 3. The van der Waals surface area contributed by atoms with Gasteiger partial charge in [-0.1, -0.05) is 53.5 Å². The first kappa shape index (κ1) is 20.2. The van der Waals surface area contributed by atoms with E-state index in [1.165, 1.54) is 0 Å². The van der Waals surface area contributed by atoms with Crippen molar-refractivity contribution in [1.82, 2.24) is 14.1 Å². The minimum atomic E-state index is -0.926. The van der Waals surface area contributed by atoms with Crippen LogP contribution in [0.2, 0.25) is 10.0 Å². The summed E-state index contributed by atoms with van der Waals surface area (Å²) in [6.45, 7) is 0. The Kier molecular flexibility index (Phi) is 4.33. The zero-order chi connectivity index (χ0) is 22.9. The number of nitrogens with two attached hydrogens (primary N) is 1. The molecule has 1 aliphatic rings. The van der Waals surface area contributed by atoms with Gasteiger partial charge in [0.1, 0.15) is 5.54 Å². The average molecular weight is 473 g/mol. The third-order valence-electron chi connectivity index (χ3n) is 6.53. The summed E-state index contributed by atoms with van der Waals surface area (Å²) in [4.78, 5) is 17.3. The Morgan fingerprint density at radius 3 is 2.52 bits per heavy atom. The number of fused-ring (bicyclic) bond motifs is 5. The highest BCUT2D eigenvalue weighted by Gasteiger charge is 2.43. The fourth-order valence-corrected chi connectivity index (χ4v) is 5.22. The van der Waals surface area contributed by atoms with E-state index in [0.29, 0.717) is 10.0 Å². The molecule has 0 fully saturated rings. The maximum absolute atomic E-state index is 12.9. The molecule has 6 rings (SSSR count). The third-order valence-corrected chi connectivity index (χ3v) is 7.02. The Morgan fingerprint density at radius 1 is 0.970 bits per heavy atom. The Labute approximate surface area is 199 Å². The number of imidazole rings is 1. The fraction of sp³-hybridized carbons (Fsp3) is 0.0769. The van der Waals surface area contributed by atoms with Crippen molar-refractivity contribution in [3.8, 4) is 16.8 Å². The van der Waals surface area contributed by atoms with Crippen molar-refractivity contribution in [2.75, 3.05) is 0 Å². The fourth-order valence-electron chi connectivity index (χ4n) is 4.91. The van der Waals surface area contributed by atoms with Crippen molar-refractivity contribution in [3.05, 3.63) is 116 Å². The molecule has 1 aliphatic heterocycles. The minimum Gasteiger partial charge on any atom is -0.313 e. The summed E-state index contributed by atoms with van der Waals surface area (Å²) in [5, 5.41) is 2.16. The van der Waals surface area contributed by atoms with E-state index in [1.807, 2.05) is 65.2 Å². The summed E-state index contributed by atoms with van der Waals surface area (Å²) in [5.41, 5.74) is 12.2. The Hall–Kier alpha value is -3.38. The van der Waals surface area contributed by atoms with Crippen LogP contribution in [0.5, 0.6) is 0 Å². The first-order valence-corrected chi connectivity index (χ1v) is 11.2. The molecule has 2 N–H and O–H groups in total. The van der Waals surface area contributed by atoms with Gasteiger partial charge in [0.15, 0.2) is 0 Å². The van der Waals surface area contributed by atoms with Crippen LogP contribution in [-0.4, -0.2) is 14.1 Å². The Balaban J connectivity index is 1.78. The predicted molar refractivity (Wildman–Crippen MR) is 132 cm³/mol. The molecule has 0 radical (unpaired) electrons. The maximum Gasteiger partial charge on any atom is 0.251 e. The van der Waals surface area contributed by atoms with Crippen LogP contribution in [0.15, 0.2) is 84.0 Å². The van der Waals surface area contributed by atoms with E-state index in [4.69, 9.17) is 28.9 Å². The summed E-state index contributed by atoms with van der Waals surface area (Å²) < 4.78 is 3.67. The topological polar surface area (TPSA) is 65.8 Å². The third kappa shape index (κ3) is 2.77. The predicted octanol–water partition coefficient (Wildman–Crippen LogP) is 5.26. The number of hydrogen-bond donors (Lipinski definition) is 1. The summed E-state index contributed by atoms with van der Waals surface area (Å²) in [7, 11) is 1.78. The summed E-state index contributed by atoms with van der Waals surface area (Å²) in [6, 6.07) is 20.7. The van der Waals surface area contributed by atoms with E-state index in [2.05, 4.69) is 4.98 Å². The molecule has 5 nitrogen and oxygen atoms in total. The highest BCUT2D eigenvalue weighted by molar-refractivity contribution is 6.31. The van der Waals surface area contributed by atoms with E-state index < -0.39 is 5.54 Å². The summed E-state index contributed by atoms with van der Waals surface area (Å²) in [6.07, 6.45) is 3.56. The molecule has 0 bridgehead atoms. The van der Waals surface area contributed by atoms with Crippen molar-refractivity contribution in [2.45, 2.75) is 5.54 Å². The van der Waals surface area contributed by atoms with Crippen LogP contribution in [0.25, 0.3) is 27.7 Å². The van der Waals surface area contributed by atoms with E-state index in [1.54, 1.807) is 30.2 Å². The second-order valence-electron chi connectivity index (χ2n) is 8.29. The molecule has 1 atom stereocenters. The lowest BCUT2D eigenvalue weighted by atomic mass is 9.82. The molecule has 2 aromatic heterocycles. The highest BCUT2D eigenvalue weighted by Crippen LogP contribution is 2.48. The van der Waals surface area contributed by atoms with Crippen LogP contribution in [0, 0.1) is 0 Å². The number of aryl methyl sites for hydroxylation is 1. The van der Waals surface area contributed by atoms with Crippen molar-refractivity contribution in [3.63, 3.8) is 0 Å². The van der Waals surface area contributed by atoms with Gasteiger partial charge in [-0.05, 0) is 47.0 Å². The lowest BCUT2D eigenvalue weighted by molar-refractivity contribution is 0.654. The van der Waals surface area contributed by atoms with Crippen LogP contribution in [0.4, 0.5) is 0 Å². The van der Waals surface area contributed by atoms with Crippen molar-refractivity contribution >= 4 is 34.1 Å². The van der Waals surface area contributed by atoms with Gasteiger partial charge in [-0.25, -0.2) is 4.98 Å². The second kappa shape index (κ2) is 7.06. The number of pyridine rings is 1. The normalized spacial score (nSPS) is 16.7. The van der Waals surface area contributed by atoms with Gasteiger partial charge in [0, 0.05) is 34.1 Å². The number of aromatic nitrogens is 3. The zero-order valence-electron chi connectivity index (χ0n) is 17.6. The van der Waals surface area contributed by atoms with Crippen molar-refractivity contribution in [1.29, 1.82) is 0 Å². The molecular formula is C26H18Cl2N4O. The molecule has 0 saturated carbocycles. The standard InChI is InChI=1S/C26H18Cl2N4O/c1-31-21-10-9-20-25(24(21)19(12-23(31)33)15-3-2-4-18(28)11-15)32-14-30-13-22(32)26(20,29)16-5-7-17(27)8-6-16/h2-14H,29H2,1H3. The molecule has 3 heterocycles. The van der Waals surface area contributed by atoms with Crippen LogP contribution >= 0.6 is 23.2 Å². The van der Waals surface area contributed by atoms with E-state index in [0.717, 1.165) is 44.5 Å². The summed E-state index contributed by atoms with van der Waals surface area (Å²) in [5.74, 6) is 0. The Bertz CT molecular complexity index is 1640. The smallest absolute Gasteiger partial charge is 0.251 e. The molecule has 162 valence electrons. The van der Waals surface area contributed by atoms with Crippen LogP contribution in [0.1, 0.15) is 16.8 Å². The maximum atomic E-state index is 12.9. The highest BCUT2D eigenvalue weighted by atomic mass is 35.5. The monoisotopic (exact) mass is 472 g/mol. The first-order valence-electron chi connectivity index (χ1n) is 10.4. The molecule has 7 heteroatoms. The number of halogens is 2. The Morgan fingerprint density at radius 2 is 1.76 bits per heavy atom. The summed E-state index contributed by atoms with van der Waals surface area (Å²) >= 11 is 12.5. The van der Waals surface area contributed by atoms with Gasteiger partial charge in [0.2, 0.25) is 0 Å². The second-order valence-corrected chi connectivity index (χ2v) is 9.16. The lowest BCUT2D eigenvalue weighted by Crippen LogP contribution is -2.37.